The average molecular weight is 281 g/mol. The lowest BCUT2D eigenvalue weighted by Crippen LogP contribution is -2.32. The Kier molecular flexibility index (Phi) is 7.55. The number of ether oxygens (including phenoxy) is 1. The third-order valence-electron chi connectivity index (χ3n) is 3.61. The second kappa shape index (κ2) is 8.93. The summed E-state index contributed by atoms with van der Waals surface area (Å²) in [5.74, 6) is 0.0752. The number of carbonyl (C=O) groups is 1. The van der Waals surface area contributed by atoms with E-state index in [1.807, 2.05) is 32.1 Å². The SMILES string of the molecule is CO[C@H]1C=CCCCCC(=O)NCC(C)=C[C@@H](C)[C@@H]1O. The van der Waals surface area contributed by atoms with Crippen molar-refractivity contribution in [3.63, 3.8) is 0 Å². The van der Waals surface area contributed by atoms with E-state index >= 15 is 0 Å². The smallest absolute Gasteiger partial charge is 0.220 e. The number of methoxy groups -OCH3 is 1. The minimum atomic E-state index is -0.579. The number of carbonyl (C=O) groups excluding carboxylic acids is 1. The molecule has 1 rings (SSSR count). The molecular weight excluding hydrogens is 254 g/mol. The Hall–Kier alpha value is -1.13. The molecule has 0 saturated carbocycles. The van der Waals surface area contributed by atoms with Crippen LogP contribution in [-0.4, -0.2) is 36.9 Å². The van der Waals surface area contributed by atoms with Crippen molar-refractivity contribution < 1.29 is 14.6 Å². The molecule has 4 heteroatoms. The van der Waals surface area contributed by atoms with Gasteiger partial charge in [0.25, 0.3) is 0 Å². The van der Waals surface area contributed by atoms with Crippen molar-refractivity contribution >= 4 is 5.91 Å². The van der Waals surface area contributed by atoms with Crippen molar-refractivity contribution in [2.45, 2.75) is 51.7 Å². The van der Waals surface area contributed by atoms with Gasteiger partial charge >= 0.3 is 0 Å². The van der Waals surface area contributed by atoms with Gasteiger partial charge < -0.3 is 15.2 Å². The molecule has 114 valence electrons. The molecule has 3 atom stereocenters. The van der Waals surface area contributed by atoms with E-state index in [2.05, 4.69) is 5.32 Å². The molecule has 0 aromatic rings. The van der Waals surface area contributed by atoms with E-state index in [0.29, 0.717) is 13.0 Å². The quantitative estimate of drug-likeness (QED) is 0.724. The van der Waals surface area contributed by atoms with Gasteiger partial charge in [-0.15, -0.1) is 0 Å². The Morgan fingerprint density at radius 3 is 2.85 bits per heavy atom. The van der Waals surface area contributed by atoms with Gasteiger partial charge in [0.05, 0.1) is 6.10 Å². The van der Waals surface area contributed by atoms with Crippen LogP contribution >= 0.6 is 0 Å². The van der Waals surface area contributed by atoms with Gasteiger partial charge in [-0.05, 0) is 26.2 Å². The van der Waals surface area contributed by atoms with Crippen LogP contribution in [0.3, 0.4) is 0 Å². The zero-order chi connectivity index (χ0) is 15.0. The van der Waals surface area contributed by atoms with Crippen molar-refractivity contribution in [3.05, 3.63) is 23.8 Å². The fraction of sp³-hybridized carbons (Fsp3) is 0.688. The number of aliphatic hydroxyl groups is 1. The lowest BCUT2D eigenvalue weighted by molar-refractivity contribution is -0.121. The molecule has 0 aromatic heterocycles. The molecule has 0 aliphatic carbocycles. The van der Waals surface area contributed by atoms with Crippen LogP contribution in [0.4, 0.5) is 0 Å². The third kappa shape index (κ3) is 5.88. The lowest BCUT2D eigenvalue weighted by atomic mass is 9.96. The van der Waals surface area contributed by atoms with Gasteiger partial charge in [0.15, 0.2) is 0 Å². The van der Waals surface area contributed by atoms with Gasteiger partial charge in [0.2, 0.25) is 5.91 Å². The van der Waals surface area contributed by atoms with E-state index in [9.17, 15) is 9.90 Å². The molecule has 1 aliphatic heterocycles. The summed E-state index contributed by atoms with van der Waals surface area (Å²) in [7, 11) is 1.62. The van der Waals surface area contributed by atoms with Crippen LogP contribution < -0.4 is 5.32 Å². The summed E-state index contributed by atoms with van der Waals surface area (Å²) in [4.78, 5) is 11.6. The zero-order valence-corrected chi connectivity index (χ0v) is 12.8. The van der Waals surface area contributed by atoms with E-state index in [1.165, 1.54) is 0 Å². The number of allylic oxidation sites excluding steroid dienone is 1. The van der Waals surface area contributed by atoms with E-state index < -0.39 is 6.10 Å². The first-order valence-electron chi connectivity index (χ1n) is 7.36. The van der Waals surface area contributed by atoms with E-state index in [0.717, 1.165) is 24.8 Å². The molecule has 1 aliphatic rings. The van der Waals surface area contributed by atoms with Crippen LogP contribution in [-0.2, 0) is 9.53 Å². The fourth-order valence-electron chi connectivity index (χ4n) is 2.34. The molecule has 0 aromatic carbocycles. The normalized spacial score (nSPS) is 30.3. The van der Waals surface area contributed by atoms with Gasteiger partial charge in [-0.2, -0.15) is 0 Å². The number of rotatable bonds is 1. The third-order valence-corrected chi connectivity index (χ3v) is 3.61. The molecule has 0 saturated heterocycles. The molecule has 0 spiro atoms. The van der Waals surface area contributed by atoms with Gasteiger partial charge in [0.1, 0.15) is 6.10 Å². The monoisotopic (exact) mass is 281 g/mol. The van der Waals surface area contributed by atoms with Crippen LogP contribution in [0.5, 0.6) is 0 Å². The number of nitrogens with one attached hydrogen (secondary N) is 1. The van der Waals surface area contributed by atoms with E-state index in [-0.39, 0.29) is 17.9 Å². The summed E-state index contributed by atoms with van der Waals surface area (Å²) < 4.78 is 5.35. The maximum atomic E-state index is 11.6. The summed E-state index contributed by atoms with van der Waals surface area (Å²) in [6, 6.07) is 0. The average Bonchev–Trinajstić information content (AvgIpc) is 2.43. The molecule has 0 fully saturated rings. The largest absolute Gasteiger partial charge is 0.389 e. The molecule has 1 amide bonds. The summed E-state index contributed by atoms with van der Waals surface area (Å²) in [5.41, 5.74) is 1.06. The molecule has 0 radical (unpaired) electrons. The summed E-state index contributed by atoms with van der Waals surface area (Å²) in [5, 5.41) is 13.2. The highest BCUT2D eigenvalue weighted by atomic mass is 16.5. The molecular formula is C16H27NO3. The first-order valence-corrected chi connectivity index (χ1v) is 7.36. The van der Waals surface area contributed by atoms with Crippen molar-refractivity contribution in [2.24, 2.45) is 5.92 Å². The fourth-order valence-corrected chi connectivity index (χ4v) is 2.34. The maximum absolute atomic E-state index is 11.6. The van der Waals surface area contributed by atoms with Crippen LogP contribution in [0.1, 0.15) is 39.5 Å². The van der Waals surface area contributed by atoms with Gasteiger partial charge in [-0.3, -0.25) is 4.79 Å². The number of aliphatic hydroxyl groups excluding tert-OH is 1. The Bertz CT molecular complexity index is 363. The van der Waals surface area contributed by atoms with Crippen LogP contribution in [0.15, 0.2) is 23.8 Å². The second-order valence-corrected chi connectivity index (χ2v) is 5.51. The van der Waals surface area contributed by atoms with Gasteiger partial charge in [-0.1, -0.05) is 30.7 Å². The second-order valence-electron chi connectivity index (χ2n) is 5.51. The highest BCUT2D eigenvalue weighted by Crippen LogP contribution is 2.15. The van der Waals surface area contributed by atoms with Crippen molar-refractivity contribution in [1.29, 1.82) is 0 Å². The number of hydrogen-bond acceptors (Lipinski definition) is 3. The van der Waals surface area contributed by atoms with Crippen molar-refractivity contribution in [1.82, 2.24) is 5.32 Å². The molecule has 4 nitrogen and oxygen atoms in total. The molecule has 0 bridgehead atoms. The Morgan fingerprint density at radius 2 is 2.15 bits per heavy atom. The summed E-state index contributed by atoms with van der Waals surface area (Å²) in [6.07, 6.45) is 8.43. The molecule has 0 unspecified atom stereocenters. The molecule has 2 N–H and O–H groups in total. The van der Waals surface area contributed by atoms with Gasteiger partial charge in [-0.25, -0.2) is 0 Å². The predicted molar refractivity (Wildman–Crippen MR) is 80.3 cm³/mol. The maximum Gasteiger partial charge on any atom is 0.220 e. The first-order chi connectivity index (χ1) is 9.54. The number of hydrogen-bond donors (Lipinski definition) is 2. The molecule has 1 heterocycles. The van der Waals surface area contributed by atoms with Crippen LogP contribution in [0.2, 0.25) is 0 Å². The van der Waals surface area contributed by atoms with Crippen molar-refractivity contribution in [3.8, 4) is 0 Å². The summed E-state index contributed by atoms with van der Waals surface area (Å²) in [6.45, 7) is 4.47. The minimum absolute atomic E-state index is 0.0237. The van der Waals surface area contributed by atoms with E-state index in [1.54, 1.807) is 7.11 Å². The highest BCUT2D eigenvalue weighted by Gasteiger charge is 2.21. The Balaban J connectivity index is 2.78. The van der Waals surface area contributed by atoms with Crippen LogP contribution in [0.25, 0.3) is 0 Å². The standard InChI is InChI=1S/C16H27NO3/c1-12-10-13(2)16(19)14(20-3)8-6-4-5-7-9-15(18)17-11-12/h6,8,10,13-14,16,19H,4-5,7,9,11H2,1-3H3,(H,17,18)/t13-,14+,16+/m1/s1. The zero-order valence-electron chi connectivity index (χ0n) is 12.8. The summed E-state index contributed by atoms with van der Waals surface area (Å²) >= 11 is 0. The predicted octanol–water partition coefficient (Wildman–Crippen LogP) is 2.19. The Morgan fingerprint density at radius 1 is 1.40 bits per heavy atom. The molecule has 20 heavy (non-hydrogen) atoms. The Labute approximate surface area is 121 Å². The first kappa shape index (κ1) is 16.9. The van der Waals surface area contributed by atoms with E-state index in [4.69, 9.17) is 4.74 Å². The van der Waals surface area contributed by atoms with Crippen molar-refractivity contribution in [2.75, 3.05) is 13.7 Å². The lowest BCUT2D eigenvalue weighted by Gasteiger charge is -2.23. The van der Waals surface area contributed by atoms with Crippen LogP contribution in [0, 0.1) is 5.92 Å². The highest BCUT2D eigenvalue weighted by molar-refractivity contribution is 5.76. The van der Waals surface area contributed by atoms with Gasteiger partial charge in [0, 0.05) is 26.0 Å². The minimum Gasteiger partial charge on any atom is -0.389 e. The topological polar surface area (TPSA) is 58.6 Å². The number of amides is 1.